The van der Waals surface area contributed by atoms with E-state index in [9.17, 15) is 0 Å². The Morgan fingerprint density at radius 2 is 1.76 bits per heavy atom. The molecule has 1 aromatic carbocycles. The summed E-state index contributed by atoms with van der Waals surface area (Å²) in [6.07, 6.45) is 6.83. The summed E-state index contributed by atoms with van der Waals surface area (Å²) in [5, 5.41) is 0. The van der Waals surface area contributed by atoms with Gasteiger partial charge in [-0.3, -0.25) is 0 Å². The maximum atomic E-state index is 3.69. The lowest BCUT2D eigenvalue weighted by atomic mass is 9.94. The largest absolute Gasteiger partial charge is 0.370 e. The molecule has 0 saturated heterocycles. The van der Waals surface area contributed by atoms with Crippen LogP contribution in [0.3, 0.4) is 0 Å². The third-order valence-corrected chi connectivity index (χ3v) is 4.76. The van der Waals surface area contributed by atoms with Crippen molar-refractivity contribution in [2.45, 2.75) is 45.1 Å². The van der Waals surface area contributed by atoms with E-state index >= 15 is 0 Å². The van der Waals surface area contributed by atoms with Crippen LogP contribution < -0.4 is 4.90 Å². The van der Waals surface area contributed by atoms with Crippen molar-refractivity contribution in [3.8, 4) is 0 Å². The van der Waals surface area contributed by atoms with Crippen LogP contribution in [0.25, 0.3) is 0 Å². The molecule has 1 aliphatic carbocycles. The first-order valence-corrected chi connectivity index (χ1v) is 7.86. The average molecular weight is 361 g/mol. The van der Waals surface area contributed by atoms with Gasteiger partial charge in [0.1, 0.15) is 0 Å². The molecule has 1 fully saturated rings. The maximum absolute atomic E-state index is 3.69. The number of halogens is 2. The van der Waals surface area contributed by atoms with E-state index in [1.807, 2.05) is 0 Å². The van der Waals surface area contributed by atoms with E-state index in [1.165, 1.54) is 47.8 Å². The third kappa shape index (κ3) is 3.05. The number of hydrogen-bond donors (Lipinski definition) is 0. The van der Waals surface area contributed by atoms with Crippen LogP contribution in [0.4, 0.5) is 5.69 Å². The fraction of sp³-hybridized carbons (Fsp3) is 0.571. The molecule has 0 unspecified atom stereocenters. The molecule has 0 radical (unpaired) electrons. The van der Waals surface area contributed by atoms with Gasteiger partial charge in [0, 0.05) is 22.0 Å². The van der Waals surface area contributed by atoms with Gasteiger partial charge >= 0.3 is 0 Å². The molecule has 1 aliphatic rings. The van der Waals surface area contributed by atoms with Gasteiger partial charge in [0.2, 0.25) is 0 Å². The highest BCUT2D eigenvalue weighted by molar-refractivity contribution is 9.11. The SMILES string of the molecule is Cc1cc(Br)cc(Br)c1N(C)C1CCCCC1. The molecule has 0 bridgehead atoms. The lowest BCUT2D eigenvalue weighted by molar-refractivity contribution is 0.427. The fourth-order valence-electron chi connectivity index (χ4n) is 2.79. The van der Waals surface area contributed by atoms with Crippen molar-refractivity contribution in [1.29, 1.82) is 0 Å². The molecule has 0 spiro atoms. The van der Waals surface area contributed by atoms with Crippen LogP contribution in [0.15, 0.2) is 21.1 Å². The zero-order chi connectivity index (χ0) is 12.4. The van der Waals surface area contributed by atoms with Crippen molar-refractivity contribution < 1.29 is 0 Å². The summed E-state index contributed by atoms with van der Waals surface area (Å²) >= 11 is 7.24. The molecular formula is C14H19Br2N. The lowest BCUT2D eigenvalue weighted by Crippen LogP contribution is -2.34. The molecule has 0 atom stereocenters. The van der Waals surface area contributed by atoms with Gasteiger partial charge < -0.3 is 4.90 Å². The molecule has 94 valence electrons. The first kappa shape index (κ1) is 13.4. The Labute approximate surface area is 121 Å². The van der Waals surface area contributed by atoms with Crippen LogP contribution in [0.2, 0.25) is 0 Å². The Bertz CT molecular complexity index is 374. The molecule has 0 aliphatic heterocycles. The van der Waals surface area contributed by atoms with Crippen molar-refractivity contribution in [2.24, 2.45) is 0 Å². The number of anilines is 1. The quantitative estimate of drug-likeness (QED) is 0.692. The van der Waals surface area contributed by atoms with E-state index in [1.54, 1.807) is 0 Å². The summed E-state index contributed by atoms with van der Waals surface area (Å²) in [7, 11) is 2.23. The van der Waals surface area contributed by atoms with Gasteiger partial charge in [-0.2, -0.15) is 0 Å². The highest BCUT2D eigenvalue weighted by atomic mass is 79.9. The zero-order valence-corrected chi connectivity index (χ0v) is 13.6. The number of hydrogen-bond acceptors (Lipinski definition) is 1. The van der Waals surface area contributed by atoms with E-state index in [2.05, 4.69) is 62.9 Å². The van der Waals surface area contributed by atoms with Crippen molar-refractivity contribution in [3.05, 3.63) is 26.6 Å². The minimum absolute atomic E-state index is 0.708. The second kappa shape index (κ2) is 5.75. The minimum Gasteiger partial charge on any atom is -0.370 e. The number of nitrogens with zero attached hydrogens (tertiary/aromatic N) is 1. The van der Waals surface area contributed by atoms with Gasteiger partial charge in [-0.15, -0.1) is 0 Å². The Morgan fingerprint density at radius 3 is 2.35 bits per heavy atom. The van der Waals surface area contributed by atoms with Crippen LogP contribution in [0.5, 0.6) is 0 Å². The number of aryl methyl sites for hydroxylation is 1. The molecule has 3 heteroatoms. The van der Waals surface area contributed by atoms with Crippen LogP contribution in [-0.2, 0) is 0 Å². The minimum atomic E-state index is 0.708. The summed E-state index contributed by atoms with van der Waals surface area (Å²) in [6, 6.07) is 5.04. The summed E-state index contributed by atoms with van der Waals surface area (Å²) < 4.78 is 2.33. The third-order valence-electron chi connectivity index (χ3n) is 3.69. The molecule has 2 rings (SSSR count). The molecule has 0 amide bonds. The Balaban J connectivity index is 2.26. The molecule has 1 saturated carbocycles. The van der Waals surface area contributed by atoms with Crippen molar-refractivity contribution in [2.75, 3.05) is 11.9 Å². The van der Waals surface area contributed by atoms with E-state index in [0.717, 1.165) is 4.47 Å². The molecule has 17 heavy (non-hydrogen) atoms. The van der Waals surface area contributed by atoms with Crippen LogP contribution >= 0.6 is 31.9 Å². The van der Waals surface area contributed by atoms with E-state index in [-0.39, 0.29) is 0 Å². The standard InChI is InChI=1S/C14H19Br2N/c1-10-8-11(15)9-13(16)14(10)17(2)12-6-4-3-5-7-12/h8-9,12H,3-7H2,1-2H3. The summed E-state index contributed by atoms with van der Waals surface area (Å²) in [4.78, 5) is 2.46. The molecule has 0 N–H and O–H groups in total. The smallest absolute Gasteiger partial charge is 0.0541 e. The monoisotopic (exact) mass is 359 g/mol. The van der Waals surface area contributed by atoms with Crippen LogP contribution in [-0.4, -0.2) is 13.1 Å². The average Bonchev–Trinajstić information content (AvgIpc) is 2.28. The number of rotatable bonds is 2. The molecule has 0 aromatic heterocycles. The van der Waals surface area contributed by atoms with Crippen molar-refractivity contribution in [1.82, 2.24) is 0 Å². The van der Waals surface area contributed by atoms with Gasteiger partial charge in [-0.25, -0.2) is 0 Å². The molecular weight excluding hydrogens is 342 g/mol. The van der Waals surface area contributed by atoms with Crippen LogP contribution in [0, 0.1) is 6.92 Å². The predicted octanol–water partition coefficient (Wildman–Crippen LogP) is 5.29. The van der Waals surface area contributed by atoms with Crippen LogP contribution in [0.1, 0.15) is 37.7 Å². The van der Waals surface area contributed by atoms with Gasteiger partial charge in [0.05, 0.1) is 5.69 Å². The summed E-state index contributed by atoms with van der Waals surface area (Å²) in [5.41, 5.74) is 2.68. The Morgan fingerprint density at radius 1 is 1.12 bits per heavy atom. The van der Waals surface area contributed by atoms with Crippen molar-refractivity contribution >= 4 is 37.5 Å². The number of benzene rings is 1. The van der Waals surface area contributed by atoms with E-state index < -0.39 is 0 Å². The molecule has 1 aromatic rings. The Kier molecular flexibility index (Phi) is 4.53. The first-order chi connectivity index (χ1) is 8.09. The van der Waals surface area contributed by atoms with E-state index in [4.69, 9.17) is 0 Å². The van der Waals surface area contributed by atoms with Crippen molar-refractivity contribution in [3.63, 3.8) is 0 Å². The molecule has 0 heterocycles. The van der Waals surface area contributed by atoms with Gasteiger partial charge in [-0.1, -0.05) is 35.2 Å². The fourth-order valence-corrected chi connectivity index (χ4v) is 4.51. The predicted molar refractivity (Wildman–Crippen MR) is 81.9 cm³/mol. The zero-order valence-electron chi connectivity index (χ0n) is 10.5. The lowest BCUT2D eigenvalue weighted by Gasteiger charge is -2.34. The second-order valence-corrected chi connectivity index (χ2v) is 6.73. The van der Waals surface area contributed by atoms with E-state index in [0.29, 0.717) is 6.04 Å². The maximum Gasteiger partial charge on any atom is 0.0541 e. The van der Waals surface area contributed by atoms with Gasteiger partial charge in [-0.05, 0) is 53.4 Å². The Hall–Kier alpha value is -0.0200. The highest BCUT2D eigenvalue weighted by Crippen LogP contribution is 2.36. The second-order valence-electron chi connectivity index (χ2n) is 4.96. The normalized spacial score (nSPS) is 17.2. The van der Waals surface area contributed by atoms with Gasteiger partial charge in [0.25, 0.3) is 0 Å². The molecule has 1 nitrogen and oxygen atoms in total. The topological polar surface area (TPSA) is 3.24 Å². The highest BCUT2D eigenvalue weighted by Gasteiger charge is 2.21. The first-order valence-electron chi connectivity index (χ1n) is 6.28. The summed E-state index contributed by atoms with van der Waals surface area (Å²) in [5.74, 6) is 0. The summed E-state index contributed by atoms with van der Waals surface area (Å²) in [6.45, 7) is 2.18. The van der Waals surface area contributed by atoms with Gasteiger partial charge in [0.15, 0.2) is 0 Å².